The van der Waals surface area contributed by atoms with Gasteiger partial charge < -0.3 is 10.4 Å². The SMILES string of the molecule is [O-]N(O)OCCC12C(I)C3C4CC5C3C1C(I)C5C42. The maximum Gasteiger partial charge on any atom is 0.0706 e. The Bertz CT molecular complexity index is 446. The molecule has 0 aliphatic heterocycles. The maximum atomic E-state index is 10.5. The van der Waals surface area contributed by atoms with Crippen molar-refractivity contribution in [1.29, 1.82) is 0 Å². The average Bonchev–Trinajstić information content (AvgIpc) is 3.05. The van der Waals surface area contributed by atoms with Gasteiger partial charge in [-0.25, -0.2) is 0 Å². The summed E-state index contributed by atoms with van der Waals surface area (Å²) < 4.78 is 1.62. The molecule has 1 N–H and O–H groups in total. The van der Waals surface area contributed by atoms with Gasteiger partial charge in [-0.15, -0.1) is 5.39 Å². The number of halogens is 2. The molecule has 10 atom stereocenters. The molecular weight excluding hydrogens is 472 g/mol. The molecule has 0 aromatic heterocycles. The van der Waals surface area contributed by atoms with E-state index in [9.17, 15) is 5.21 Å². The van der Waals surface area contributed by atoms with Crippen LogP contribution < -0.4 is 0 Å². The monoisotopic (exact) mass is 488 g/mol. The molecule has 6 rings (SSSR count). The summed E-state index contributed by atoms with van der Waals surface area (Å²) in [6, 6.07) is 0. The fourth-order valence-electron chi connectivity index (χ4n) is 7.49. The molecule has 0 saturated heterocycles. The summed E-state index contributed by atoms with van der Waals surface area (Å²) in [4.78, 5) is 4.78. The van der Waals surface area contributed by atoms with Gasteiger partial charge in [0, 0.05) is 7.85 Å². The van der Waals surface area contributed by atoms with E-state index in [1.54, 1.807) is 0 Å². The molecule has 4 nitrogen and oxygen atoms in total. The molecule has 6 aliphatic carbocycles. The molecule has 0 amide bonds. The highest BCUT2D eigenvalue weighted by molar-refractivity contribution is 14.1. The average molecular weight is 488 g/mol. The summed E-state index contributed by atoms with van der Waals surface area (Å²) in [6.07, 6.45) is 2.44. The molecule has 10 unspecified atom stereocenters. The molecule has 0 heterocycles. The van der Waals surface area contributed by atoms with E-state index in [4.69, 9.17) is 10.0 Å². The Balaban J connectivity index is 1.51. The number of alkyl halides is 2. The predicted octanol–water partition coefficient (Wildman–Crippen LogP) is 2.86. The first-order valence-corrected chi connectivity index (χ1v) is 9.65. The minimum atomic E-state index is -0.371. The first-order valence-electron chi connectivity index (χ1n) is 7.16. The molecule has 19 heavy (non-hydrogen) atoms. The van der Waals surface area contributed by atoms with Crippen molar-refractivity contribution >= 4 is 45.2 Å². The third-order valence-electron chi connectivity index (χ3n) is 7.30. The fourth-order valence-corrected chi connectivity index (χ4v) is 11.8. The molecular formula is C13H16I2NO3-. The fraction of sp³-hybridized carbons (Fsp3) is 1.00. The predicted molar refractivity (Wildman–Crippen MR) is 84.7 cm³/mol. The van der Waals surface area contributed by atoms with Crippen molar-refractivity contribution < 1.29 is 10.0 Å². The molecule has 0 radical (unpaired) electrons. The summed E-state index contributed by atoms with van der Waals surface area (Å²) in [5.41, 5.74) is 0.417. The van der Waals surface area contributed by atoms with Crippen molar-refractivity contribution in [3.8, 4) is 0 Å². The van der Waals surface area contributed by atoms with E-state index >= 15 is 0 Å². The lowest BCUT2D eigenvalue weighted by Crippen LogP contribution is -2.41. The quantitative estimate of drug-likeness (QED) is 0.376. The number of rotatable bonds is 4. The second kappa shape index (κ2) is 3.79. The van der Waals surface area contributed by atoms with Gasteiger partial charge in [-0.2, -0.15) is 0 Å². The van der Waals surface area contributed by atoms with Gasteiger partial charge in [0.1, 0.15) is 0 Å². The summed E-state index contributed by atoms with van der Waals surface area (Å²) in [5.74, 6) is 6.62. The van der Waals surface area contributed by atoms with Gasteiger partial charge in [0.05, 0.1) is 6.61 Å². The van der Waals surface area contributed by atoms with E-state index in [-0.39, 0.29) is 5.39 Å². The van der Waals surface area contributed by atoms with Crippen LogP contribution in [0, 0.1) is 52.0 Å². The van der Waals surface area contributed by atoms with Crippen LogP contribution >= 0.6 is 45.2 Å². The normalized spacial score (nSPS) is 66.5. The van der Waals surface area contributed by atoms with Crippen LogP contribution in [0.1, 0.15) is 12.8 Å². The Morgan fingerprint density at radius 3 is 2.74 bits per heavy atom. The highest BCUT2D eigenvalue weighted by Gasteiger charge is 2.87. The van der Waals surface area contributed by atoms with E-state index in [2.05, 4.69) is 45.2 Å². The van der Waals surface area contributed by atoms with Gasteiger partial charge in [0.15, 0.2) is 0 Å². The lowest BCUT2D eigenvalue weighted by Gasteiger charge is -2.43. The van der Waals surface area contributed by atoms with Crippen LogP contribution in [0.15, 0.2) is 0 Å². The third-order valence-corrected chi connectivity index (χ3v) is 10.9. The van der Waals surface area contributed by atoms with Crippen LogP contribution in [0.3, 0.4) is 0 Å². The second-order valence-electron chi connectivity index (χ2n) is 7.13. The van der Waals surface area contributed by atoms with Gasteiger partial charge in [-0.3, -0.25) is 4.84 Å². The minimum Gasteiger partial charge on any atom is -0.738 e. The zero-order chi connectivity index (χ0) is 13.1. The molecule has 6 fully saturated rings. The van der Waals surface area contributed by atoms with Crippen LogP contribution in [0.4, 0.5) is 0 Å². The molecule has 0 spiro atoms. The lowest BCUT2D eigenvalue weighted by atomic mass is 9.62. The zero-order valence-corrected chi connectivity index (χ0v) is 14.6. The van der Waals surface area contributed by atoms with Crippen LogP contribution in [-0.2, 0) is 4.84 Å². The molecule has 6 bridgehead atoms. The van der Waals surface area contributed by atoms with Crippen LogP contribution in [0.25, 0.3) is 0 Å². The Kier molecular flexibility index (Phi) is 2.55. The second-order valence-corrected chi connectivity index (χ2v) is 9.91. The zero-order valence-electron chi connectivity index (χ0n) is 10.3. The molecule has 0 aromatic carbocycles. The standard InChI is InChI=1S/C13H16I2NO3/c14-11-8-4-3-5-7-6(4)10(11)13(9(5)8,12(7)15)1-2-19-16(17)18/h4-12,17H,1-3H2/q-1. The largest absolute Gasteiger partial charge is 0.738 e. The van der Waals surface area contributed by atoms with E-state index in [0.29, 0.717) is 12.0 Å². The summed E-state index contributed by atoms with van der Waals surface area (Å²) >= 11 is 5.43. The van der Waals surface area contributed by atoms with Crippen LogP contribution in [0.2, 0.25) is 0 Å². The van der Waals surface area contributed by atoms with Crippen molar-refractivity contribution in [1.82, 2.24) is 5.39 Å². The maximum absolute atomic E-state index is 10.5. The minimum absolute atomic E-state index is 0.371. The van der Waals surface area contributed by atoms with E-state index in [0.717, 1.165) is 55.7 Å². The van der Waals surface area contributed by atoms with Crippen LogP contribution in [0.5, 0.6) is 0 Å². The van der Waals surface area contributed by atoms with Gasteiger partial charge in [0.2, 0.25) is 0 Å². The molecule has 6 heteroatoms. The smallest absolute Gasteiger partial charge is 0.0706 e. The van der Waals surface area contributed by atoms with E-state index in [1.807, 2.05) is 0 Å². The van der Waals surface area contributed by atoms with Gasteiger partial charge >= 0.3 is 0 Å². The Hall–Kier alpha value is 1.30. The van der Waals surface area contributed by atoms with E-state index in [1.165, 1.54) is 6.42 Å². The molecule has 6 saturated carbocycles. The number of hydrogen-bond acceptors (Lipinski definition) is 4. The van der Waals surface area contributed by atoms with Crippen molar-refractivity contribution in [3.63, 3.8) is 0 Å². The third kappa shape index (κ3) is 1.17. The van der Waals surface area contributed by atoms with Crippen molar-refractivity contribution in [2.75, 3.05) is 6.61 Å². The van der Waals surface area contributed by atoms with Crippen molar-refractivity contribution in [2.24, 2.45) is 46.8 Å². The molecule has 106 valence electrons. The van der Waals surface area contributed by atoms with Crippen LogP contribution in [-0.4, -0.2) is 25.1 Å². The van der Waals surface area contributed by atoms with Gasteiger partial charge in [-0.05, 0) is 59.7 Å². The Morgan fingerprint density at radius 2 is 2.00 bits per heavy atom. The Labute approximate surface area is 139 Å². The number of hydrogen-bond donors (Lipinski definition) is 1. The van der Waals surface area contributed by atoms with Gasteiger partial charge in [0.25, 0.3) is 0 Å². The summed E-state index contributed by atoms with van der Waals surface area (Å²) in [5, 5.41) is 18.8. The van der Waals surface area contributed by atoms with Crippen molar-refractivity contribution in [2.45, 2.75) is 20.7 Å². The first kappa shape index (κ1) is 12.8. The summed E-state index contributed by atoms with van der Waals surface area (Å²) in [7, 11) is 0. The van der Waals surface area contributed by atoms with Crippen molar-refractivity contribution in [3.05, 3.63) is 5.21 Å². The lowest BCUT2D eigenvalue weighted by molar-refractivity contribution is -0.308. The summed E-state index contributed by atoms with van der Waals surface area (Å²) in [6.45, 7) is 0.374. The first-order chi connectivity index (χ1) is 9.09. The van der Waals surface area contributed by atoms with E-state index < -0.39 is 0 Å². The molecule has 6 aliphatic rings. The topological polar surface area (TPSA) is 55.8 Å². The molecule has 0 aromatic rings. The number of nitrogens with zero attached hydrogens (tertiary/aromatic N) is 1. The van der Waals surface area contributed by atoms with Gasteiger partial charge in [-0.1, -0.05) is 45.2 Å². The Morgan fingerprint density at radius 1 is 1.21 bits per heavy atom. The highest BCUT2D eigenvalue weighted by Crippen LogP contribution is 2.89. The highest BCUT2D eigenvalue weighted by atomic mass is 127.